The van der Waals surface area contributed by atoms with E-state index in [2.05, 4.69) is 15.9 Å². The molecule has 1 aromatic carbocycles. The lowest BCUT2D eigenvalue weighted by Gasteiger charge is -2.17. The van der Waals surface area contributed by atoms with Crippen LogP contribution in [0.2, 0.25) is 8.67 Å². The molecule has 0 aliphatic carbocycles. The highest BCUT2D eigenvalue weighted by Crippen LogP contribution is 2.47. The number of thiophene rings is 1. The molecule has 1 atom stereocenters. The summed E-state index contributed by atoms with van der Waals surface area (Å²) in [6, 6.07) is 7.49. The third-order valence-electron chi connectivity index (χ3n) is 2.68. The lowest BCUT2D eigenvalue weighted by Crippen LogP contribution is -2.00. The number of rotatable bonds is 4. The molecule has 0 bridgehead atoms. The number of alkyl halides is 1. The summed E-state index contributed by atoms with van der Waals surface area (Å²) in [4.78, 5) is -0.144. The number of ether oxygens (including phenoxy) is 2. The first-order chi connectivity index (χ1) is 9.08. The molecule has 0 radical (unpaired) electrons. The highest BCUT2D eigenvalue weighted by Gasteiger charge is 2.23. The van der Waals surface area contributed by atoms with Crippen molar-refractivity contribution in [3.63, 3.8) is 0 Å². The van der Waals surface area contributed by atoms with Crippen molar-refractivity contribution >= 4 is 50.5 Å². The Morgan fingerprint density at radius 1 is 1.16 bits per heavy atom. The van der Waals surface area contributed by atoms with Gasteiger partial charge in [0.05, 0.1) is 33.3 Å². The Morgan fingerprint density at radius 2 is 1.74 bits per heavy atom. The highest BCUT2D eigenvalue weighted by atomic mass is 79.9. The van der Waals surface area contributed by atoms with Gasteiger partial charge in [-0.2, -0.15) is 0 Å². The zero-order valence-electron chi connectivity index (χ0n) is 10.2. The number of hydrogen-bond donors (Lipinski definition) is 0. The van der Waals surface area contributed by atoms with Crippen molar-refractivity contribution in [2.75, 3.05) is 14.2 Å². The molecule has 0 spiro atoms. The zero-order valence-corrected chi connectivity index (χ0v) is 14.2. The number of benzene rings is 1. The van der Waals surface area contributed by atoms with Crippen molar-refractivity contribution in [3.8, 4) is 11.5 Å². The SMILES string of the molecule is COc1cccc(OC)c1C(Br)c1cc(Cl)sc1Cl. The van der Waals surface area contributed by atoms with Crippen LogP contribution >= 0.6 is 50.5 Å². The molecular weight excluding hydrogens is 371 g/mol. The van der Waals surface area contributed by atoms with Gasteiger partial charge in [0.25, 0.3) is 0 Å². The van der Waals surface area contributed by atoms with Crippen molar-refractivity contribution in [3.05, 3.63) is 44.1 Å². The summed E-state index contributed by atoms with van der Waals surface area (Å²) in [6.07, 6.45) is 0. The minimum atomic E-state index is -0.144. The van der Waals surface area contributed by atoms with E-state index in [4.69, 9.17) is 32.7 Å². The maximum Gasteiger partial charge on any atom is 0.127 e. The first-order valence-electron chi connectivity index (χ1n) is 5.38. The molecule has 0 saturated heterocycles. The number of methoxy groups -OCH3 is 2. The Morgan fingerprint density at radius 3 is 2.16 bits per heavy atom. The van der Waals surface area contributed by atoms with Gasteiger partial charge in [-0.3, -0.25) is 0 Å². The summed E-state index contributed by atoms with van der Waals surface area (Å²) in [6.45, 7) is 0. The molecule has 0 saturated carbocycles. The van der Waals surface area contributed by atoms with Crippen LogP contribution in [0.1, 0.15) is 16.0 Å². The van der Waals surface area contributed by atoms with Crippen molar-refractivity contribution in [1.82, 2.24) is 0 Å². The maximum absolute atomic E-state index is 6.20. The van der Waals surface area contributed by atoms with E-state index in [0.717, 1.165) is 22.6 Å². The summed E-state index contributed by atoms with van der Waals surface area (Å²) < 4.78 is 12.1. The van der Waals surface area contributed by atoms with Gasteiger partial charge in [0.2, 0.25) is 0 Å². The topological polar surface area (TPSA) is 18.5 Å². The van der Waals surface area contributed by atoms with E-state index in [9.17, 15) is 0 Å². The van der Waals surface area contributed by atoms with Crippen LogP contribution in [0.5, 0.6) is 11.5 Å². The fourth-order valence-corrected chi connectivity index (χ4v) is 4.44. The van der Waals surface area contributed by atoms with Gasteiger partial charge in [-0.25, -0.2) is 0 Å². The van der Waals surface area contributed by atoms with E-state index in [1.807, 2.05) is 24.3 Å². The molecule has 1 unspecified atom stereocenters. The Balaban J connectivity index is 2.54. The van der Waals surface area contributed by atoms with Crippen LogP contribution in [0.25, 0.3) is 0 Å². The monoisotopic (exact) mass is 380 g/mol. The van der Waals surface area contributed by atoms with Crippen molar-refractivity contribution in [2.24, 2.45) is 0 Å². The average molecular weight is 382 g/mol. The van der Waals surface area contributed by atoms with Crippen LogP contribution in [-0.2, 0) is 0 Å². The van der Waals surface area contributed by atoms with Crippen LogP contribution in [0.15, 0.2) is 24.3 Å². The molecule has 1 heterocycles. The molecule has 2 aromatic rings. The smallest absolute Gasteiger partial charge is 0.127 e. The van der Waals surface area contributed by atoms with Gasteiger partial charge in [-0.05, 0) is 18.2 Å². The number of hydrogen-bond acceptors (Lipinski definition) is 3. The molecule has 6 heteroatoms. The van der Waals surface area contributed by atoms with Crippen LogP contribution in [0.3, 0.4) is 0 Å². The van der Waals surface area contributed by atoms with Crippen LogP contribution in [0.4, 0.5) is 0 Å². The second kappa shape index (κ2) is 6.35. The predicted molar refractivity (Wildman–Crippen MR) is 84.7 cm³/mol. The standard InChI is InChI=1S/C13H11BrCl2O2S/c1-17-8-4-3-5-9(18-2)11(8)12(14)7-6-10(15)19-13(7)16/h3-6,12H,1-2H3. The maximum atomic E-state index is 6.20. The van der Waals surface area contributed by atoms with Crippen molar-refractivity contribution < 1.29 is 9.47 Å². The lowest BCUT2D eigenvalue weighted by atomic mass is 10.1. The first-order valence-corrected chi connectivity index (χ1v) is 7.87. The van der Waals surface area contributed by atoms with E-state index in [1.54, 1.807) is 14.2 Å². The van der Waals surface area contributed by atoms with Crippen LogP contribution < -0.4 is 9.47 Å². The molecule has 1 aromatic heterocycles. The van der Waals surface area contributed by atoms with E-state index >= 15 is 0 Å². The van der Waals surface area contributed by atoms with E-state index in [0.29, 0.717) is 8.67 Å². The van der Waals surface area contributed by atoms with Gasteiger partial charge in [0, 0.05) is 5.56 Å². The van der Waals surface area contributed by atoms with Gasteiger partial charge in [-0.1, -0.05) is 45.2 Å². The van der Waals surface area contributed by atoms with Crippen molar-refractivity contribution in [1.29, 1.82) is 0 Å². The van der Waals surface area contributed by atoms with E-state index in [-0.39, 0.29) is 4.83 Å². The molecule has 2 nitrogen and oxygen atoms in total. The molecule has 2 rings (SSSR count). The zero-order chi connectivity index (χ0) is 14.0. The van der Waals surface area contributed by atoms with Gasteiger partial charge in [0.1, 0.15) is 11.5 Å². The third kappa shape index (κ3) is 3.02. The molecular formula is C13H11BrCl2O2S. The van der Waals surface area contributed by atoms with E-state index < -0.39 is 0 Å². The molecule has 0 aliphatic rings. The van der Waals surface area contributed by atoms with E-state index in [1.165, 1.54) is 11.3 Å². The lowest BCUT2D eigenvalue weighted by molar-refractivity contribution is 0.386. The van der Waals surface area contributed by atoms with Gasteiger partial charge in [-0.15, -0.1) is 11.3 Å². The summed E-state index contributed by atoms with van der Waals surface area (Å²) >= 11 is 17.2. The minimum absolute atomic E-state index is 0.144. The minimum Gasteiger partial charge on any atom is -0.496 e. The average Bonchev–Trinajstić information content (AvgIpc) is 2.75. The molecule has 19 heavy (non-hydrogen) atoms. The normalized spacial score (nSPS) is 12.3. The van der Waals surface area contributed by atoms with Crippen molar-refractivity contribution in [2.45, 2.75) is 4.83 Å². The Hall–Kier alpha value is -0.420. The summed E-state index contributed by atoms with van der Waals surface area (Å²) in [5, 5.41) is 0. The fraction of sp³-hybridized carbons (Fsp3) is 0.231. The largest absolute Gasteiger partial charge is 0.496 e. The van der Waals surface area contributed by atoms with Crippen LogP contribution in [-0.4, -0.2) is 14.2 Å². The third-order valence-corrected chi connectivity index (χ3v) is 5.14. The van der Waals surface area contributed by atoms with Crippen LogP contribution in [0, 0.1) is 0 Å². The Kier molecular flexibility index (Phi) is 5.01. The molecule has 0 aliphatic heterocycles. The first kappa shape index (κ1) is 15.0. The molecule has 0 N–H and O–H groups in total. The summed E-state index contributed by atoms with van der Waals surface area (Å²) in [5.41, 5.74) is 1.79. The molecule has 0 fully saturated rings. The second-order valence-corrected chi connectivity index (χ2v) is 6.92. The highest BCUT2D eigenvalue weighted by molar-refractivity contribution is 9.09. The Labute approximate surface area is 134 Å². The molecule has 102 valence electrons. The number of halogens is 3. The second-order valence-electron chi connectivity index (χ2n) is 3.72. The predicted octanol–water partition coefficient (Wildman–Crippen LogP) is 5.56. The van der Waals surface area contributed by atoms with Gasteiger partial charge in [0.15, 0.2) is 0 Å². The molecule has 0 amide bonds. The quantitative estimate of drug-likeness (QED) is 0.645. The Bertz CT molecular complexity index is 564. The summed E-state index contributed by atoms with van der Waals surface area (Å²) in [7, 11) is 3.25. The summed E-state index contributed by atoms with van der Waals surface area (Å²) in [5.74, 6) is 1.47. The fourth-order valence-electron chi connectivity index (χ4n) is 1.81. The van der Waals surface area contributed by atoms with Gasteiger partial charge >= 0.3 is 0 Å². The van der Waals surface area contributed by atoms with Gasteiger partial charge < -0.3 is 9.47 Å².